The third kappa shape index (κ3) is 2.83. The van der Waals surface area contributed by atoms with Gasteiger partial charge in [-0.05, 0) is 24.6 Å². The number of fused-ring (bicyclic) bond motifs is 1. The molecule has 1 aliphatic rings. The molecule has 1 atom stereocenters. The minimum Gasteiger partial charge on any atom is -0.477 e. The number of aromatic nitrogens is 2. The molecule has 3 rings (SSSR count). The Morgan fingerprint density at radius 2 is 2.30 bits per heavy atom. The molecule has 4 nitrogen and oxygen atoms in total. The van der Waals surface area contributed by atoms with Gasteiger partial charge in [0.1, 0.15) is 11.6 Å². The maximum Gasteiger partial charge on any atom is 0.224 e. The van der Waals surface area contributed by atoms with Crippen LogP contribution in [0.15, 0.2) is 18.2 Å². The number of alkyl halides is 1. The van der Waals surface area contributed by atoms with Gasteiger partial charge in [0, 0.05) is 12.5 Å². The molecule has 0 aliphatic carbocycles. The lowest BCUT2D eigenvalue weighted by atomic mass is 10.1. The molecule has 0 radical (unpaired) electrons. The van der Waals surface area contributed by atoms with Gasteiger partial charge in [0.25, 0.3) is 0 Å². The minimum absolute atomic E-state index is 0.191. The minimum atomic E-state index is -0.339. The molecule has 0 bridgehead atoms. The van der Waals surface area contributed by atoms with Gasteiger partial charge >= 0.3 is 0 Å². The lowest BCUT2D eigenvalue weighted by molar-refractivity contribution is 0.166. The van der Waals surface area contributed by atoms with Crippen LogP contribution in [-0.4, -0.2) is 29.8 Å². The van der Waals surface area contributed by atoms with Crippen LogP contribution in [0.5, 0.6) is 5.88 Å². The van der Waals surface area contributed by atoms with Gasteiger partial charge in [-0.1, -0.05) is 0 Å². The van der Waals surface area contributed by atoms with E-state index in [0.29, 0.717) is 41.7 Å². The summed E-state index contributed by atoms with van der Waals surface area (Å²) in [5, 5.41) is 0.567. The summed E-state index contributed by atoms with van der Waals surface area (Å²) < 4.78 is 24.4. The molecular weight excluding hydrogens is 283 g/mol. The smallest absolute Gasteiger partial charge is 0.224 e. The summed E-state index contributed by atoms with van der Waals surface area (Å²) in [5.74, 6) is 1.07. The van der Waals surface area contributed by atoms with Gasteiger partial charge in [0.2, 0.25) is 5.88 Å². The van der Waals surface area contributed by atoms with Gasteiger partial charge in [-0.3, -0.25) is 0 Å². The number of benzene rings is 1. The molecule has 106 valence electrons. The second kappa shape index (κ2) is 5.89. The highest BCUT2D eigenvalue weighted by molar-refractivity contribution is 6.16. The Balaban J connectivity index is 1.91. The third-order valence-electron chi connectivity index (χ3n) is 3.27. The van der Waals surface area contributed by atoms with Crippen molar-refractivity contribution in [3.05, 3.63) is 29.8 Å². The van der Waals surface area contributed by atoms with E-state index in [1.54, 1.807) is 6.07 Å². The lowest BCUT2D eigenvalue weighted by Gasteiger charge is -2.12. The molecule has 1 aromatic carbocycles. The molecule has 1 saturated heterocycles. The van der Waals surface area contributed by atoms with Crippen LogP contribution >= 0.6 is 11.6 Å². The number of hydrogen-bond acceptors (Lipinski definition) is 4. The van der Waals surface area contributed by atoms with Crippen molar-refractivity contribution in [1.82, 2.24) is 9.97 Å². The van der Waals surface area contributed by atoms with Crippen LogP contribution in [0.1, 0.15) is 12.2 Å². The monoisotopic (exact) mass is 296 g/mol. The maximum absolute atomic E-state index is 13.4. The van der Waals surface area contributed by atoms with E-state index in [1.165, 1.54) is 12.1 Å². The first-order chi connectivity index (χ1) is 9.76. The fraction of sp³-hybridized carbons (Fsp3) is 0.429. The van der Waals surface area contributed by atoms with Gasteiger partial charge in [0.15, 0.2) is 0 Å². The van der Waals surface area contributed by atoms with Gasteiger partial charge in [-0.15, -0.1) is 11.6 Å². The molecule has 2 heterocycles. The zero-order valence-electron chi connectivity index (χ0n) is 10.8. The molecule has 2 aromatic rings. The molecule has 1 aliphatic heterocycles. The van der Waals surface area contributed by atoms with E-state index in [2.05, 4.69) is 9.97 Å². The normalized spacial score (nSPS) is 18.6. The second-order valence-electron chi connectivity index (χ2n) is 4.78. The average Bonchev–Trinajstić information content (AvgIpc) is 2.98. The number of halogens is 2. The molecule has 1 unspecified atom stereocenters. The topological polar surface area (TPSA) is 44.2 Å². The Hall–Kier alpha value is -1.46. The highest BCUT2D eigenvalue weighted by Gasteiger charge is 2.18. The first-order valence-electron chi connectivity index (χ1n) is 6.49. The summed E-state index contributed by atoms with van der Waals surface area (Å²) in [6.45, 7) is 1.96. The first-order valence-corrected chi connectivity index (χ1v) is 7.02. The van der Waals surface area contributed by atoms with E-state index in [0.717, 1.165) is 13.0 Å². The third-order valence-corrected chi connectivity index (χ3v) is 3.51. The summed E-state index contributed by atoms with van der Waals surface area (Å²) >= 11 is 5.78. The van der Waals surface area contributed by atoms with Crippen molar-refractivity contribution in [3.8, 4) is 5.88 Å². The molecule has 0 spiro atoms. The molecule has 0 amide bonds. The van der Waals surface area contributed by atoms with Crippen LogP contribution in [0.3, 0.4) is 0 Å². The second-order valence-corrected chi connectivity index (χ2v) is 5.05. The lowest BCUT2D eigenvalue weighted by Crippen LogP contribution is -2.13. The van der Waals surface area contributed by atoms with Gasteiger partial charge in [-0.25, -0.2) is 9.37 Å². The molecule has 1 fully saturated rings. The fourth-order valence-corrected chi connectivity index (χ4v) is 2.32. The van der Waals surface area contributed by atoms with Crippen molar-refractivity contribution in [3.63, 3.8) is 0 Å². The van der Waals surface area contributed by atoms with Gasteiger partial charge < -0.3 is 9.47 Å². The van der Waals surface area contributed by atoms with Crippen molar-refractivity contribution in [1.29, 1.82) is 0 Å². The van der Waals surface area contributed by atoms with Crippen LogP contribution in [0.2, 0.25) is 0 Å². The average molecular weight is 297 g/mol. The zero-order valence-corrected chi connectivity index (χ0v) is 11.6. The zero-order chi connectivity index (χ0) is 13.9. The van der Waals surface area contributed by atoms with E-state index < -0.39 is 0 Å². The summed E-state index contributed by atoms with van der Waals surface area (Å²) in [6.07, 6.45) is 0.972. The van der Waals surface area contributed by atoms with Crippen molar-refractivity contribution >= 4 is 22.5 Å². The summed E-state index contributed by atoms with van der Waals surface area (Å²) in [7, 11) is 0. The Labute approximate surface area is 120 Å². The fourth-order valence-electron chi connectivity index (χ4n) is 2.20. The van der Waals surface area contributed by atoms with Crippen LogP contribution in [0.25, 0.3) is 10.9 Å². The Morgan fingerprint density at radius 1 is 1.40 bits per heavy atom. The summed E-state index contributed by atoms with van der Waals surface area (Å²) in [4.78, 5) is 8.51. The highest BCUT2D eigenvalue weighted by Crippen LogP contribution is 2.25. The Bertz CT molecular complexity index is 617. The van der Waals surface area contributed by atoms with E-state index in [-0.39, 0.29) is 11.7 Å². The standard InChI is InChI=1S/C14H14ClFN2O2/c15-6-13-17-12-2-1-10(16)5-11(12)14(18-13)20-8-9-3-4-19-7-9/h1-2,5,9H,3-4,6-8H2. The molecular formula is C14H14ClFN2O2. The Kier molecular flexibility index (Phi) is 3.98. The number of nitrogens with zero attached hydrogens (tertiary/aromatic N) is 2. The van der Waals surface area contributed by atoms with Crippen LogP contribution in [0.4, 0.5) is 4.39 Å². The van der Waals surface area contributed by atoms with E-state index in [9.17, 15) is 4.39 Å². The number of ether oxygens (including phenoxy) is 2. The van der Waals surface area contributed by atoms with Crippen LogP contribution in [0, 0.1) is 11.7 Å². The number of rotatable bonds is 4. The van der Waals surface area contributed by atoms with E-state index >= 15 is 0 Å². The Morgan fingerprint density at radius 3 is 3.05 bits per heavy atom. The molecule has 1 aromatic heterocycles. The molecule has 6 heteroatoms. The maximum atomic E-state index is 13.4. The SMILES string of the molecule is Fc1ccc2nc(CCl)nc(OCC3CCOC3)c2c1. The molecule has 20 heavy (non-hydrogen) atoms. The quantitative estimate of drug-likeness (QED) is 0.814. The molecule has 0 saturated carbocycles. The van der Waals surface area contributed by atoms with E-state index in [1.807, 2.05) is 0 Å². The molecule has 0 N–H and O–H groups in total. The predicted molar refractivity (Wildman–Crippen MR) is 73.5 cm³/mol. The van der Waals surface area contributed by atoms with Crippen LogP contribution in [-0.2, 0) is 10.6 Å². The van der Waals surface area contributed by atoms with Gasteiger partial charge in [-0.2, -0.15) is 4.98 Å². The van der Waals surface area contributed by atoms with Crippen molar-refractivity contribution < 1.29 is 13.9 Å². The van der Waals surface area contributed by atoms with Crippen molar-refractivity contribution in [2.75, 3.05) is 19.8 Å². The van der Waals surface area contributed by atoms with E-state index in [4.69, 9.17) is 21.1 Å². The van der Waals surface area contributed by atoms with Crippen molar-refractivity contribution in [2.45, 2.75) is 12.3 Å². The number of hydrogen-bond donors (Lipinski definition) is 0. The largest absolute Gasteiger partial charge is 0.477 e. The summed E-state index contributed by atoms with van der Waals surface area (Å²) in [5.41, 5.74) is 0.634. The van der Waals surface area contributed by atoms with Crippen molar-refractivity contribution in [2.24, 2.45) is 5.92 Å². The van der Waals surface area contributed by atoms with Crippen LogP contribution < -0.4 is 4.74 Å². The summed E-state index contributed by atoms with van der Waals surface area (Å²) in [6, 6.07) is 4.35. The first kappa shape index (κ1) is 13.5. The van der Waals surface area contributed by atoms with Gasteiger partial charge in [0.05, 0.1) is 30.0 Å². The highest BCUT2D eigenvalue weighted by atomic mass is 35.5. The predicted octanol–water partition coefficient (Wildman–Crippen LogP) is 2.92.